The van der Waals surface area contributed by atoms with Gasteiger partial charge in [-0.05, 0) is 37.8 Å². The van der Waals surface area contributed by atoms with Crippen LogP contribution in [-0.4, -0.2) is 10.2 Å². The predicted octanol–water partition coefficient (Wildman–Crippen LogP) is 2.29. The Morgan fingerprint density at radius 2 is 1.92 bits per heavy atom. The molecular weight excluding hydrogens is 148 g/mol. The number of nitrogens with zero attached hydrogens (tertiary/aromatic N) is 2. The Labute approximate surface area is 74.0 Å². The average Bonchev–Trinajstić information content (AvgIpc) is 1.96. The molecule has 1 aromatic heterocycles. The van der Waals surface area contributed by atoms with Crippen molar-refractivity contribution < 1.29 is 0 Å². The standard InChI is InChI=1S/C10H16N2/c1-7(2)5-10-6-8(3)9(4)11-12-10/h6-7H,5H2,1-4H3. The Hall–Kier alpha value is -0.920. The summed E-state index contributed by atoms with van der Waals surface area (Å²) in [4.78, 5) is 0. The molecule has 0 unspecified atom stereocenters. The van der Waals surface area contributed by atoms with E-state index >= 15 is 0 Å². The third kappa shape index (κ3) is 2.29. The molecule has 0 spiro atoms. The maximum atomic E-state index is 4.13. The van der Waals surface area contributed by atoms with Crippen LogP contribution in [0.25, 0.3) is 0 Å². The Morgan fingerprint density at radius 3 is 2.42 bits per heavy atom. The van der Waals surface area contributed by atoms with Crippen LogP contribution in [0.4, 0.5) is 0 Å². The third-order valence-corrected chi connectivity index (χ3v) is 1.90. The first-order valence-corrected chi connectivity index (χ1v) is 4.39. The van der Waals surface area contributed by atoms with Gasteiger partial charge in [-0.25, -0.2) is 0 Å². The van der Waals surface area contributed by atoms with Gasteiger partial charge in [0.2, 0.25) is 0 Å². The number of rotatable bonds is 2. The molecule has 0 bridgehead atoms. The predicted molar refractivity (Wildman–Crippen MR) is 50.0 cm³/mol. The van der Waals surface area contributed by atoms with Gasteiger partial charge in [0.05, 0.1) is 11.4 Å². The van der Waals surface area contributed by atoms with Crippen LogP contribution in [-0.2, 0) is 6.42 Å². The van der Waals surface area contributed by atoms with Gasteiger partial charge in [-0.1, -0.05) is 13.8 Å². The fraction of sp³-hybridized carbons (Fsp3) is 0.600. The van der Waals surface area contributed by atoms with Crippen molar-refractivity contribution in [1.29, 1.82) is 0 Å². The van der Waals surface area contributed by atoms with Gasteiger partial charge >= 0.3 is 0 Å². The molecular formula is C10H16N2. The molecule has 1 rings (SSSR count). The minimum absolute atomic E-state index is 0.654. The molecule has 0 radical (unpaired) electrons. The zero-order chi connectivity index (χ0) is 9.14. The van der Waals surface area contributed by atoms with Crippen LogP contribution in [0, 0.1) is 19.8 Å². The molecule has 0 saturated heterocycles. The molecule has 0 N–H and O–H groups in total. The topological polar surface area (TPSA) is 25.8 Å². The summed E-state index contributed by atoms with van der Waals surface area (Å²) in [7, 11) is 0. The van der Waals surface area contributed by atoms with E-state index in [-0.39, 0.29) is 0 Å². The Bertz CT molecular complexity index is 267. The molecule has 2 nitrogen and oxygen atoms in total. The Balaban J connectivity index is 2.82. The lowest BCUT2D eigenvalue weighted by molar-refractivity contribution is 0.626. The van der Waals surface area contributed by atoms with Crippen molar-refractivity contribution in [3.05, 3.63) is 23.0 Å². The molecule has 0 saturated carbocycles. The van der Waals surface area contributed by atoms with Gasteiger partial charge in [-0.2, -0.15) is 10.2 Å². The van der Waals surface area contributed by atoms with E-state index in [1.807, 2.05) is 6.92 Å². The van der Waals surface area contributed by atoms with Gasteiger partial charge in [-0.3, -0.25) is 0 Å². The van der Waals surface area contributed by atoms with E-state index < -0.39 is 0 Å². The number of aromatic nitrogens is 2. The number of hydrogen-bond donors (Lipinski definition) is 0. The first-order chi connectivity index (χ1) is 5.59. The van der Waals surface area contributed by atoms with Crippen LogP contribution in [0.5, 0.6) is 0 Å². The fourth-order valence-corrected chi connectivity index (χ4v) is 1.12. The first-order valence-electron chi connectivity index (χ1n) is 4.39. The lowest BCUT2D eigenvalue weighted by Gasteiger charge is -2.04. The molecule has 1 aromatic rings. The Kier molecular flexibility index (Phi) is 2.79. The van der Waals surface area contributed by atoms with Crippen LogP contribution in [0.1, 0.15) is 30.8 Å². The van der Waals surface area contributed by atoms with E-state index in [2.05, 4.69) is 37.0 Å². The van der Waals surface area contributed by atoms with Gasteiger partial charge in [0.1, 0.15) is 0 Å². The summed E-state index contributed by atoms with van der Waals surface area (Å²) in [6, 6.07) is 2.13. The molecule has 1 heterocycles. The largest absolute Gasteiger partial charge is 0.155 e. The van der Waals surface area contributed by atoms with Crippen molar-refractivity contribution in [2.75, 3.05) is 0 Å². The smallest absolute Gasteiger partial charge is 0.0636 e. The average molecular weight is 164 g/mol. The molecule has 0 aliphatic carbocycles. The minimum Gasteiger partial charge on any atom is -0.155 e. The highest BCUT2D eigenvalue weighted by Crippen LogP contribution is 2.07. The van der Waals surface area contributed by atoms with Crippen LogP contribution in [0.15, 0.2) is 6.07 Å². The normalized spacial score (nSPS) is 10.8. The monoisotopic (exact) mass is 164 g/mol. The van der Waals surface area contributed by atoms with Crippen LogP contribution in [0.2, 0.25) is 0 Å². The highest BCUT2D eigenvalue weighted by molar-refractivity contribution is 5.18. The summed E-state index contributed by atoms with van der Waals surface area (Å²) in [6.45, 7) is 8.45. The van der Waals surface area contributed by atoms with Gasteiger partial charge in [0, 0.05) is 0 Å². The van der Waals surface area contributed by atoms with E-state index in [0.29, 0.717) is 5.92 Å². The molecule has 0 atom stereocenters. The first kappa shape index (κ1) is 9.17. The Morgan fingerprint density at radius 1 is 1.25 bits per heavy atom. The summed E-state index contributed by atoms with van der Waals surface area (Å²) >= 11 is 0. The lowest BCUT2D eigenvalue weighted by atomic mass is 10.1. The highest BCUT2D eigenvalue weighted by atomic mass is 15.1. The summed E-state index contributed by atoms with van der Waals surface area (Å²) in [5.41, 5.74) is 3.37. The summed E-state index contributed by atoms with van der Waals surface area (Å²) < 4.78 is 0. The van der Waals surface area contributed by atoms with Gasteiger partial charge in [0.25, 0.3) is 0 Å². The fourth-order valence-electron chi connectivity index (χ4n) is 1.12. The summed E-state index contributed by atoms with van der Waals surface area (Å²) in [5.74, 6) is 0.654. The second-order valence-electron chi connectivity index (χ2n) is 3.70. The minimum atomic E-state index is 0.654. The maximum Gasteiger partial charge on any atom is 0.0636 e. The second-order valence-corrected chi connectivity index (χ2v) is 3.70. The van der Waals surface area contributed by atoms with Crippen molar-refractivity contribution >= 4 is 0 Å². The van der Waals surface area contributed by atoms with E-state index in [1.54, 1.807) is 0 Å². The van der Waals surface area contributed by atoms with E-state index in [0.717, 1.165) is 17.8 Å². The SMILES string of the molecule is Cc1cc(CC(C)C)nnc1C. The molecule has 0 aliphatic heterocycles. The highest BCUT2D eigenvalue weighted by Gasteiger charge is 2.01. The molecule has 0 amide bonds. The van der Waals surface area contributed by atoms with Gasteiger partial charge in [0.15, 0.2) is 0 Å². The molecule has 0 aromatic carbocycles. The van der Waals surface area contributed by atoms with Crippen molar-refractivity contribution in [1.82, 2.24) is 10.2 Å². The molecule has 66 valence electrons. The van der Waals surface area contributed by atoms with Crippen molar-refractivity contribution in [3.63, 3.8) is 0 Å². The van der Waals surface area contributed by atoms with Gasteiger partial charge in [-0.15, -0.1) is 0 Å². The zero-order valence-corrected chi connectivity index (χ0v) is 8.26. The van der Waals surface area contributed by atoms with E-state index in [1.165, 1.54) is 5.56 Å². The molecule has 0 fully saturated rings. The summed E-state index contributed by atoms with van der Waals surface area (Å²) in [6.07, 6.45) is 1.02. The zero-order valence-electron chi connectivity index (χ0n) is 8.26. The van der Waals surface area contributed by atoms with E-state index in [4.69, 9.17) is 0 Å². The lowest BCUT2D eigenvalue weighted by Crippen LogP contribution is -2.01. The van der Waals surface area contributed by atoms with E-state index in [9.17, 15) is 0 Å². The van der Waals surface area contributed by atoms with Crippen molar-refractivity contribution in [2.24, 2.45) is 5.92 Å². The third-order valence-electron chi connectivity index (χ3n) is 1.90. The molecule has 0 aliphatic rings. The van der Waals surface area contributed by atoms with Crippen LogP contribution < -0.4 is 0 Å². The molecule has 2 heteroatoms. The van der Waals surface area contributed by atoms with Crippen LogP contribution in [0.3, 0.4) is 0 Å². The number of hydrogen-bond acceptors (Lipinski definition) is 2. The maximum absolute atomic E-state index is 4.13. The summed E-state index contributed by atoms with van der Waals surface area (Å²) in [5, 5.41) is 8.21. The number of aryl methyl sites for hydroxylation is 2. The van der Waals surface area contributed by atoms with Gasteiger partial charge < -0.3 is 0 Å². The van der Waals surface area contributed by atoms with Crippen molar-refractivity contribution in [3.8, 4) is 0 Å². The van der Waals surface area contributed by atoms with Crippen LogP contribution >= 0.6 is 0 Å². The second kappa shape index (κ2) is 3.65. The quantitative estimate of drug-likeness (QED) is 0.670. The molecule has 12 heavy (non-hydrogen) atoms. The van der Waals surface area contributed by atoms with Crippen molar-refractivity contribution in [2.45, 2.75) is 34.1 Å².